The zero-order chi connectivity index (χ0) is 21.4. The molecule has 2 aromatic rings. The first-order valence-electron chi connectivity index (χ1n) is 11.1. The predicted molar refractivity (Wildman–Crippen MR) is 113 cm³/mol. The predicted octanol–water partition coefficient (Wildman–Crippen LogP) is 2.42. The standard InChI is InChI=1S/C22H31N5O3/c1-4-7-20(28)26-10-6-5-8-18(26)17-12-19-23-16-9-11-25(21(29)14(2)3)13-15(16)22(30)27(19)24-17/h12,14,18,24H,4-11,13H2,1-3H3/t18-/m0/s1. The molecule has 0 bridgehead atoms. The summed E-state index contributed by atoms with van der Waals surface area (Å²) in [5, 5.41) is 3.22. The summed E-state index contributed by atoms with van der Waals surface area (Å²) in [5.74, 6) is 0.133. The number of H-pyrrole nitrogens is 1. The fraction of sp³-hybridized carbons (Fsp3) is 0.636. The quantitative estimate of drug-likeness (QED) is 0.833. The number of carbonyl (C=O) groups excluding carboxylic acids is 2. The highest BCUT2D eigenvalue weighted by atomic mass is 16.2. The van der Waals surface area contributed by atoms with Crippen molar-refractivity contribution >= 4 is 17.5 Å². The Kier molecular flexibility index (Phi) is 5.66. The molecule has 0 spiro atoms. The number of aromatic nitrogens is 3. The van der Waals surface area contributed by atoms with E-state index in [9.17, 15) is 14.4 Å². The fourth-order valence-corrected chi connectivity index (χ4v) is 4.63. The van der Waals surface area contributed by atoms with Crippen molar-refractivity contribution in [1.29, 1.82) is 0 Å². The number of rotatable bonds is 4. The topological polar surface area (TPSA) is 90.8 Å². The minimum atomic E-state index is -0.148. The van der Waals surface area contributed by atoms with Crippen molar-refractivity contribution in [1.82, 2.24) is 24.4 Å². The first-order chi connectivity index (χ1) is 14.4. The van der Waals surface area contributed by atoms with Gasteiger partial charge >= 0.3 is 0 Å². The van der Waals surface area contributed by atoms with Crippen molar-refractivity contribution < 1.29 is 9.59 Å². The molecule has 1 saturated heterocycles. The highest BCUT2D eigenvalue weighted by molar-refractivity contribution is 5.78. The average molecular weight is 414 g/mol. The largest absolute Gasteiger partial charge is 0.337 e. The number of amides is 2. The van der Waals surface area contributed by atoms with Crippen LogP contribution in [0.5, 0.6) is 0 Å². The Hall–Kier alpha value is -2.64. The number of nitrogens with one attached hydrogen (secondary N) is 1. The van der Waals surface area contributed by atoms with Crippen molar-refractivity contribution in [2.45, 2.75) is 71.9 Å². The third-order valence-electron chi connectivity index (χ3n) is 6.23. The Morgan fingerprint density at radius 3 is 2.80 bits per heavy atom. The molecule has 0 aliphatic carbocycles. The van der Waals surface area contributed by atoms with Crippen LogP contribution in [0, 0.1) is 5.92 Å². The molecule has 4 rings (SSSR count). The molecule has 2 aromatic heterocycles. The highest BCUT2D eigenvalue weighted by Crippen LogP contribution is 2.31. The number of hydrogen-bond donors (Lipinski definition) is 1. The van der Waals surface area contributed by atoms with Crippen LogP contribution in [-0.2, 0) is 22.6 Å². The maximum Gasteiger partial charge on any atom is 0.277 e. The van der Waals surface area contributed by atoms with Crippen molar-refractivity contribution in [3.8, 4) is 0 Å². The lowest BCUT2D eigenvalue weighted by molar-refractivity contribution is -0.136. The highest BCUT2D eigenvalue weighted by Gasteiger charge is 2.30. The Labute approximate surface area is 176 Å². The Morgan fingerprint density at radius 2 is 2.07 bits per heavy atom. The minimum absolute atomic E-state index is 0.0463. The van der Waals surface area contributed by atoms with E-state index in [0.717, 1.165) is 43.6 Å². The summed E-state index contributed by atoms with van der Waals surface area (Å²) in [5.41, 5.74) is 2.67. The second kappa shape index (κ2) is 8.24. The van der Waals surface area contributed by atoms with Crippen LogP contribution in [0.1, 0.15) is 75.9 Å². The van der Waals surface area contributed by atoms with Gasteiger partial charge in [0.25, 0.3) is 5.56 Å². The molecule has 0 unspecified atom stereocenters. The molecule has 2 aliphatic rings. The van der Waals surface area contributed by atoms with Crippen molar-refractivity contribution in [3.05, 3.63) is 33.4 Å². The number of hydrogen-bond acceptors (Lipinski definition) is 4. The molecule has 2 amide bonds. The summed E-state index contributed by atoms with van der Waals surface area (Å²) in [7, 11) is 0. The van der Waals surface area contributed by atoms with Crippen molar-refractivity contribution in [3.63, 3.8) is 0 Å². The van der Waals surface area contributed by atoms with Crippen molar-refractivity contribution in [2.75, 3.05) is 13.1 Å². The summed E-state index contributed by atoms with van der Waals surface area (Å²) in [6.45, 7) is 7.41. The molecule has 8 heteroatoms. The first-order valence-corrected chi connectivity index (χ1v) is 11.1. The molecular formula is C22H31N5O3. The summed E-state index contributed by atoms with van der Waals surface area (Å²) in [4.78, 5) is 46.6. The van der Waals surface area contributed by atoms with Gasteiger partial charge < -0.3 is 9.80 Å². The maximum atomic E-state index is 13.2. The summed E-state index contributed by atoms with van der Waals surface area (Å²) in [6.07, 6.45) is 4.91. The number of aromatic amines is 1. The van der Waals surface area contributed by atoms with Gasteiger partial charge in [-0.25, -0.2) is 9.50 Å². The van der Waals surface area contributed by atoms with E-state index in [1.54, 1.807) is 4.90 Å². The molecule has 8 nitrogen and oxygen atoms in total. The van der Waals surface area contributed by atoms with E-state index in [1.165, 1.54) is 4.52 Å². The van der Waals surface area contributed by atoms with Gasteiger partial charge in [0.15, 0.2) is 5.65 Å². The fourth-order valence-electron chi connectivity index (χ4n) is 4.63. The normalized spacial score (nSPS) is 19.4. The first kappa shape index (κ1) is 20.6. The van der Waals surface area contributed by atoms with Gasteiger partial charge in [-0.3, -0.25) is 19.5 Å². The van der Waals surface area contributed by atoms with E-state index in [-0.39, 0.29) is 29.3 Å². The smallest absolute Gasteiger partial charge is 0.277 e. The van der Waals surface area contributed by atoms with E-state index in [0.29, 0.717) is 37.1 Å². The summed E-state index contributed by atoms with van der Waals surface area (Å²) < 4.78 is 1.48. The molecule has 30 heavy (non-hydrogen) atoms. The van der Waals surface area contributed by atoms with E-state index in [1.807, 2.05) is 31.7 Å². The molecule has 4 heterocycles. The Balaban J connectivity index is 1.68. The van der Waals surface area contributed by atoms with Gasteiger partial charge in [0.2, 0.25) is 11.8 Å². The van der Waals surface area contributed by atoms with E-state index < -0.39 is 0 Å². The van der Waals surface area contributed by atoms with Gasteiger partial charge in [-0.1, -0.05) is 20.8 Å². The van der Waals surface area contributed by atoms with Gasteiger partial charge in [0.05, 0.1) is 29.5 Å². The lowest BCUT2D eigenvalue weighted by Crippen LogP contribution is -2.42. The molecule has 2 aliphatic heterocycles. The monoisotopic (exact) mass is 413 g/mol. The molecule has 0 radical (unpaired) electrons. The number of piperidine rings is 1. The van der Waals surface area contributed by atoms with Crippen LogP contribution in [0.4, 0.5) is 0 Å². The molecular weight excluding hydrogens is 382 g/mol. The Morgan fingerprint density at radius 1 is 1.27 bits per heavy atom. The van der Waals surface area contributed by atoms with Gasteiger partial charge in [0, 0.05) is 37.9 Å². The number of carbonyl (C=O) groups is 2. The van der Waals surface area contributed by atoms with E-state index >= 15 is 0 Å². The van der Waals surface area contributed by atoms with Crippen LogP contribution < -0.4 is 5.56 Å². The van der Waals surface area contributed by atoms with Crippen LogP contribution in [0.15, 0.2) is 10.9 Å². The van der Waals surface area contributed by atoms with Crippen LogP contribution in [0.3, 0.4) is 0 Å². The summed E-state index contributed by atoms with van der Waals surface area (Å²) >= 11 is 0. The minimum Gasteiger partial charge on any atom is -0.337 e. The average Bonchev–Trinajstić information content (AvgIpc) is 3.17. The van der Waals surface area contributed by atoms with Crippen molar-refractivity contribution in [2.24, 2.45) is 5.92 Å². The second-order valence-corrected chi connectivity index (χ2v) is 8.76. The molecule has 0 saturated carbocycles. The van der Waals surface area contributed by atoms with Gasteiger partial charge in [0.1, 0.15) is 0 Å². The SMILES string of the molecule is CCCC(=O)N1CCCC[C@H]1c1cc2nc3c(c(=O)n2[nH]1)CN(C(=O)C(C)C)CC3. The maximum absolute atomic E-state index is 13.2. The third-order valence-corrected chi connectivity index (χ3v) is 6.23. The molecule has 1 N–H and O–H groups in total. The zero-order valence-electron chi connectivity index (χ0n) is 18.1. The van der Waals surface area contributed by atoms with Crippen LogP contribution in [-0.4, -0.2) is 49.3 Å². The van der Waals surface area contributed by atoms with Crippen LogP contribution in [0.2, 0.25) is 0 Å². The van der Waals surface area contributed by atoms with Gasteiger partial charge in [-0.05, 0) is 25.7 Å². The molecule has 1 atom stereocenters. The number of likely N-dealkylation sites (tertiary alicyclic amines) is 1. The molecule has 162 valence electrons. The number of nitrogens with zero attached hydrogens (tertiary/aromatic N) is 4. The summed E-state index contributed by atoms with van der Waals surface area (Å²) in [6, 6.07) is 1.87. The van der Waals surface area contributed by atoms with E-state index in [4.69, 9.17) is 4.98 Å². The van der Waals surface area contributed by atoms with Gasteiger partial charge in [-0.2, -0.15) is 0 Å². The Bertz CT molecular complexity index is 1020. The van der Waals surface area contributed by atoms with Crippen LogP contribution in [0.25, 0.3) is 5.65 Å². The van der Waals surface area contributed by atoms with Gasteiger partial charge in [-0.15, -0.1) is 0 Å². The lowest BCUT2D eigenvalue weighted by Gasteiger charge is -2.35. The lowest BCUT2D eigenvalue weighted by atomic mass is 9.98. The molecule has 1 fully saturated rings. The van der Waals surface area contributed by atoms with E-state index in [2.05, 4.69) is 5.10 Å². The second-order valence-electron chi connectivity index (χ2n) is 8.76. The third kappa shape index (κ3) is 3.63. The number of fused-ring (bicyclic) bond motifs is 2. The zero-order valence-corrected chi connectivity index (χ0v) is 18.1. The molecule has 0 aromatic carbocycles. The van der Waals surface area contributed by atoms with Crippen LogP contribution >= 0.6 is 0 Å².